The van der Waals surface area contributed by atoms with E-state index in [0.717, 1.165) is 27.0 Å². The lowest BCUT2D eigenvalue weighted by molar-refractivity contribution is -0.113. The van der Waals surface area contributed by atoms with Gasteiger partial charge in [-0.1, -0.05) is 55.9 Å². The summed E-state index contributed by atoms with van der Waals surface area (Å²) in [6, 6.07) is 15.6. The van der Waals surface area contributed by atoms with Crippen LogP contribution in [0.2, 0.25) is 0 Å². The summed E-state index contributed by atoms with van der Waals surface area (Å²) in [6.07, 6.45) is 3.78. The molecule has 0 unspecified atom stereocenters. The monoisotopic (exact) mass is 413 g/mol. The van der Waals surface area contributed by atoms with Gasteiger partial charge in [-0.2, -0.15) is 4.99 Å². The Balaban J connectivity index is 1.61. The van der Waals surface area contributed by atoms with Crippen molar-refractivity contribution < 1.29 is 14.3 Å². The fourth-order valence-corrected chi connectivity index (χ4v) is 3.89. The topological polar surface area (TPSA) is 47.9 Å². The number of amides is 1. The Morgan fingerprint density at radius 1 is 1.11 bits per heavy atom. The second kappa shape index (κ2) is 9.85. The van der Waals surface area contributed by atoms with Crippen molar-refractivity contribution >= 4 is 39.9 Å². The maximum atomic E-state index is 11.9. The molecular formula is C22H23NO3S2. The van der Waals surface area contributed by atoms with Crippen LogP contribution < -0.4 is 9.47 Å². The number of hydrogen-bond acceptors (Lipinski definition) is 5. The van der Waals surface area contributed by atoms with Crippen LogP contribution in [0.15, 0.2) is 58.4 Å². The molecule has 0 N–H and O–H groups in total. The molecule has 0 saturated heterocycles. The zero-order valence-electron chi connectivity index (χ0n) is 16.2. The Kier molecular flexibility index (Phi) is 7.23. The van der Waals surface area contributed by atoms with E-state index in [1.54, 1.807) is 0 Å². The van der Waals surface area contributed by atoms with Gasteiger partial charge in [0.25, 0.3) is 5.91 Å². The minimum atomic E-state index is -0.173. The van der Waals surface area contributed by atoms with Crippen molar-refractivity contribution in [3.05, 3.63) is 64.6 Å². The van der Waals surface area contributed by atoms with Crippen LogP contribution in [0.5, 0.6) is 11.5 Å². The predicted octanol–water partition coefficient (Wildman–Crippen LogP) is 5.63. The molecular weight excluding hydrogens is 390 g/mol. The third-order valence-corrected chi connectivity index (χ3v) is 5.86. The summed E-state index contributed by atoms with van der Waals surface area (Å²) < 4.78 is 12.6. The summed E-state index contributed by atoms with van der Waals surface area (Å²) in [4.78, 5) is 16.5. The largest absolute Gasteiger partial charge is 0.493 e. The molecule has 0 bridgehead atoms. The van der Waals surface area contributed by atoms with Crippen molar-refractivity contribution in [1.29, 1.82) is 0 Å². The van der Waals surface area contributed by atoms with Gasteiger partial charge in [0.2, 0.25) is 0 Å². The highest BCUT2D eigenvalue weighted by atomic mass is 32.2. The number of ether oxygens (including phenoxy) is 2. The molecule has 2 aromatic carbocycles. The average molecular weight is 414 g/mol. The van der Waals surface area contributed by atoms with Crippen LogP contribution in [0.4, 0.5) is 0 Å². The summed E-state index contributed by atoms with van der Waals surface area (Å²) >= 11 is 2.90. The first-order valence-corrected chi connectivity index (χ1v) is 11.1. The van der Waals surface area contributed by atoms with Crippen LogP contribution in [0.25, 0.3) is 6.08 Å². The molecule has 1 amide bonds. The first-order valence-electron chi connectivity index (χ1n) is 9.05. The number of rotatable bonds is 7. The number of aliphatic imine (C=N–C) groups is 1. The van der Waals surface area contributed by atoms with Crippen molar-refractivity contribution in [3.63, 3.8) is 0 Å². The van der Waals surface area contributed by atoms with E-state index in [9.17, 15) is 4.79 Å². The standard InChI is InChI=1S/C22H23NO3S2/c1-15(2)13-26-19-7-5-4-6-17(19)14-25-18-10-8-16(9-11-18)12-20-21(24)23-22(27-3)28-20/h4-12,15H,13-14H2,1-3H3. The lowest BCUT2D eigenvalue weighted by Gasteiger charge is -2.14. The Morgan fingerprint density at radius 3 is 2.54 bits per heavy atom. The summed E-state index contributed by atoms with van der Waals surface area (Å²) in [5, 5.41) is 0. The van der Waals surface area contributed by atoms with E-state index in [4.69, 9.17) is 9.47 Å². The van der Waals surface area contributed by atoms with Gasteiger partial charge in [-0.15, -0.1) is 11.8 Å². The van der Waals surface area contributed by atoms with Gasteiger partial charge < -0.3 is 9.47 Å². The van der Waals surface area contributed by atoms with Crippen LogP contribution in [0, 0.1) is 5.92 Å². The summed E-state index contributed by atoms with van der Waals surface area (Å²) in [5.74, 6) is 1.93. The molecule has 0 aliphatic carbocycles. The maximum Gasteiger partial charge on any atom is 0.285 e. The number of carbonyl (C=O) groups excluding carboxylic acids is 1. The van der Waals surface area contributed by atoms with Gasteiger partial charge in [-0.05, 0) is 42.0 Å². The normalized spacial score (nSPS) is 15.2. The molecule has 3 rings (SSSR count). The highest BCUT2D eigenvalue weighted by Crippen LogP contribution is 2.32. The summed E-state index contributed by atoms with van der Waals surface area (Å²) in [5.41, 5.74) is 1.96. The number of para-hydroxylation sites is 1. The molecule has 4 nitrogen and oxygen atoms in total. The number of carbonyl (C=O) groups is 1. The summed E-state index contributed by atoms with van der Waals surface area (Å²) in [6.45, 7) is 5.37. The molecule has 1 heterocycles. The van der Waals surface area contributed by atoms with E-state index in [2.05, 4.69) is 18.8 Å². The van der Waals surface area contributed by atoms with E-state index in [-0.39, 0.29) is 5.91 Å². The zero-order chi connectivity index (χ0) is 19.9. The number of hydrogen-bond donors (Lipinski definition) is 0. The molecule has 0 radical (unpaired) electrons. The first kappa shape index (κ1) is 20.6. The van der Waals surface area contributed by atoms with Gasteiger partial charge in [0.1, 0.15) is 22.5 Å². The predicted molar refractivity (Wildman–Crippen MR) is 119 cm³/mol. The Hall–Kier alpha value is -2.18. The maximum absolute atomic E-state index is 11.9. The van der Waals surface area contributed by atoms with E-state index in [1.807, 2.05) is 60.9 Å². The van der Waals surface area contributed by atoms with Crippen LogP contribution in [-0.2, 0) is 11.4 Å². The average Bonchev–Trinajstić information content (AvgIpc) is 3.06. The Bertz CT molecular complexity index is 889. The smallest absolute Gasteiger partial charge is 0.285 e. The van der Waals surface area contributed by atoms with Gasteiger partial charge in [0.15, 0.2) is 0 Å². The highest BCUT2D eigenvalue weighted by Gasteiger charge is 2.20. The molecule has 0 atom stereocenters. The van der Waals surface area contributed by atoms with Crippen molar-refractivity contribution in [2.24, 2.45) is 10.9 Å². The fraction of sp³-hybridized carbons (Fsp3) is 0.273. The van der Waals surface area contributed by atoms with Crippen molar-refractivity contribution in [3.8, 4) is 11.5 Å². The van der Waals surface area contributed by atoms with E-state index < -0.39 is 0 Å². The summed E-state index contributed by atoms with van der Waals surface area (Å²) in [7, 11) is 0. The molecule has 2 aromatic rings. The fourth-order valence-electron chi connectivity index (χ4n) is 2.47. The van der Waals surface area contributed by atoms with Crippen LogP contribution in [0.1, 0.15) is 25.0 Å². The second-order valence-electron chi connectivity index (χ2n) is 6.67. The molecule has 28 heavy (non-hydrogen) atoms. The molecule has 6 heteroatoms. The van der Waals surface area contributed by atoms with Crippen LogP contribution in [0.3, 0.4) is 0 Å². The van der Waals surface area contributed by atoms with Crippen LogP contribution in [-0.4, -0.2) is 23.1 Å². The van der Waals surface area contributed by atoms with Crippen LogP contribution >= 0.6 is 23.5 Å². The third-order valence-electron chi connectivity index (χ3n) is 3.89. The van der Waals surface area contributed by atoms with Gasteiger partial charge >= 0.3 is 0 Å². The lowest BCUT2D eigenvalue weighted by Crippen LogP contribution is -2.07. The van der Waals surface area contributed by atoms with E-state index in [0.29, 0.717) is 24.0 Å². The van der Waals surface area contributed by atoms with E-state index >= 15 is 0 Å². The lowest BCUT2D eigenvalue weighted by atomic mass is 10.2. The van der Waals surface area contributed by atoms with Crippen molar-refractivity contribution in [1.82, 2.24) is 0 Å². The second-order valence-corrected chi connectivity index (χ2v) is 8.75. The Labute approximate surface area is 174 Å². The number of thioether (sulfide) groups is 2. The first-order chi connectivity index (χ1) is 13.5. The number of benzene rings is 2. The third kappa shape index (κ3) is 5.66. The number of nitrogens with zero attached hydrogens (tertiary/aromatic N) is 1. The quantitative estimate of drug-likeness (QED) is 0.550. The van der Waals surface area contributed by atoms with Gasteiger partial charge in [0.05, 0.1) is 11.5 Å². The van der Waals surface area contributed by atoms with Crippen molar-refractivity contribution in [2.45, 2.75) is 20.5 Å². The highest BCUT2D eigenvalue weighted by molar-refractivity contribution is 8.40. The zero-order valence-corrected chi connectivity index (χ0v) is 17.8. The van der Waals surface area contributed by atoms with Gasteiger partial charge in [-0.25, -0.2) is 0 Å². The molecule has 1 aliphatic heterocycles. The van der Waals surface area contributed by atoms with E-state index in [1.165, 1.54) is 23.5 Å². The molecule has 0 aromatic heterocycles. The molecule has 0 fully saturated rings. The molecule has 0 saturated carbocycles. The van der Waals surface area contributed by atoms with Crippen molar-refractivity contribution in [2.75, 3.05) is 12.9 Å². The minimum Gasteiger partial charge on any atom is -0.493 e. The molecule has 1 aliphatic rings. The van der Waals surface area contributed by atoms with Gasteiger partial charge in [-0.3, -0.25) is 4.79 Å². The SMILES string of the molecule is CSC1=NC(=O)C(=Cc2ccc(OCc3ccccc3OCC(C)C)cc2)S1. The molecule has 0 spiro atoms. The van der Waals surface area contributed by atoms with Gasteiger partial charge in [0, 0.05) is 5.56 Å². The Morgan fingerprint density at radius 2 is 1.86 bits per heavy atom. The minimum absolute atomic E-state index is 0.173. The molecule has 146 valence electrons.